The maximum absolute atomic E-state index is 13.0. The van der Waals surface area contributed by atoms with Gasteiger partial charge in [0.2, 0.25) is 5.91 Å². The number of rotatable bonds is 3. The van der Waals surface area contributed by atoms with Gasteiger partial charge in [0.15, 0.2) is 0 Å². The maximum atomic E-state index is 13.0. The van der Waals surface area contributed by atoms with E-state index in [1.54, 1.807) is 25.1 Å². The first-order chi connectivity index (χ1) is 8.84. The highest BCUT2D eigenvalue weighted by molar-refractivity contribution is 7.87. The Kier molecular flexibility index (Phi) is 3.60. The zero-order valence-corrected chi connectivity index (χ0v) is 11.2. The van der Waals surface area contributed by atoms with E-state index >= 15 is 0 Å². The van der Waals surface area contributed by atoms with Crippen LogP contribution in [0.25, 0.3) is 0 Å². The largest absolute Gasteiger partial charge is 0.392 e. The molecule has 0 aromatic heterocycles. The average Bonchev–Trinajstić information content (AvgIpc) is 2.70. The second kappa shape index (κ2) is 4.90. The molecular formula is C12H14FNO4S. The van der Waals surface area contributed by atoms with Crippen LogP contribution < -0.4 is 4.90 Å². The molecule has 1 heterocycles. The molecule has 1 saturated heterocycles. The quantitative estimate of drug-likeness (QED) is 0.838. The van der Waals surface area contributed by atoms with Crippen molar-refractivity contribution in [1.82, 2.24) is 0 Å². The highest BCUT2D eigenvalue weighted by Gasteiger charge is 2.40. The Morgan fingerprint density at radius 3 is 2.68 bits per heavy atom. The molecule has 104 valence electrons. The van der Waals surface area contributed by atoms with Crippen molar-refractivity contribution < 1.29 is 22.2 Å². The van der Waals surface area contributed by atoms with E-state index in [-0.39, 0.29) is 19.6 Å². The number of nitrogens with zero attached hydrogens (tertiary/aromatic N) is 1. The summed E-state index contributed by atoms with van der Waals surface area (Å²) in [6.45, 7) is 1.27. The minimum atomic E-state index is -4.73. The van der Waals surface area contributed by atoms with E-state index in [4.69, 9.17) is 0 Å². The number of halogens is 1. The fourth-order valence-electron chi connectivity index (χ4n) is 2.31. The number of aryl methyl sites for hydroxylation is 1. The first kappa shape index (κ1) is 14.0. The highest BCUT2D eigenvalue weighted by Crippen LogP contribution is 2.31. The van der Waals surface area contributed by atoms with Crippen molar-refractivity contribution in [3.8, 4) is 0 Å². The summed E-state index contributed by atoms with van der Waals surface area (Å²) in [6.07, 6.45) is -0.363. The van der Waals surface area contributed by atoms with E-state index in [1.165, 1.54) is 4.90 Å². The number of benzene rings is 1. The lowest BCUT2D eigenvalue weighted by Gasteiger charge is -2.21. The van der Waals surface area contributed by atoms with Crippen molar-refractivity contribution in [3.63, 3.8) is 0 Å². The van der Waals surface area contributed by atoms with Gasteiger partial charge in [0.1, 0.15) is 5.25 Å². The summed E-state index contributed by atoms with van der Waals surface area (Å²) in [7, 11) is -4.73. The molecule has 2 rings (SSSR count). The Morgan fingerprint density at radius 2 is 2.16 bits per heavy atom. The van der Waals surface area contributed by atoms with Crippen LogP contribution in [0.2, 0.25) is 0 Å². The lowest BCUT2D eigenvalue weighted by atomic mass is 10.1. The average molecular weight is 287 g/mol. The van der Waals surface area contributed by atoms with Gasteiger partial charge >= 0.3 is 10.2 Å². The van der Waals surface area contributed by atoms with Gasteiger partial charge in [-0.2, -0.15) is 8.42 Å². The van der Waals surface area contributed by atoms with Gasteiger partial charge in [0.25, 0.3) is 0 Å². The normalized spacial score (nSPS) is 20.1. The van der Waals surface area contributed by atoms with Crippen LogP contribution in [0.3, 0.4) is 0 Å². The van der Waals surface area contributed by atoms with Gasteiger partial charge < -0.3 is 10.0 Å². The Balaban J connectivity index is 2.41. The molecule has 1 fully saturated rings. The predicted octanol–water partition coefficient (Wildman–Crippen LogP) is 0.892. The Bertz CT molecular complexity index is 614. The summed E-state index contributed by atoms with van der Waals surface area (Å²) in [6, 6.07) is 5.13. The first-order valence-electron chi connectivity index (χ1n) is 5.77. The van der Waals surface area contributed by atoms with Gasteiger partial charge in [-0.25, -0.2) is 0 Å². The van der Waals surface area contributed by atoms with E-state index in [2.05, 4.69) is 0 Å². The van der Waals surface area contributed by atoms with Crippen LogP contribution >= 0.6 is 0 Å². The molecule has 1 unspecified atom stereocenters. The fourth-order valence-corrected chi connectivity index (χ4v) is 2.98. The molecule has 1 aromatic carbocycles. The number of amides is 1. The third kappa shape index (κ3) is 2.62. The van der Waals surface area contributed by atoms with Gasteiger partial charge in [-0.3, -0.25) is 4.79 Å². The van der Waals surface area contributed by atoms with Crippen molar-refractivity contribution in [3.05, 3.63) is 29.3 Å². The van der Waals surface area contributed by atoms with E-state index in [1.807, 2.05) is 0 Å². The molecule has 1 aliphatic heterocycles. The van der Waals surface area contributed by atoms with Crippen LogP contribution in [0.4, 0.5) is 9.57 Å². The molecule has 19 heavy (non-hydrogen) atoms. The molecule has 1 aliphatic rings. The number of anilines is 1. The molecule has 1 atom stereocenters. The number of carbonyl (C=O) groups is 1. The zero-order valence-electron chi connectivity index (χ0n) is 10.3. The second-order valence-corrected chi connectivity index (χ2v) is 6.16. The molecule has 7 heteroatoms. The summed E-state index contributed by atoms with van der Waals surface area (Å²) in [5, 5.41) is 7.96. The van der Waals surface area contributed by atoms with E-state index in [0.29, 0.717) is 11.3 Å². The van der Waals surface area contributed by atoms with Crippen LogP contribution in [-0.4, -0.2) is 31.2 Å². The Morgan fingerprint density at radius 1 is 1.47 bits per heavy atom. The molecule has 0 radical (unpaired) electrons. The highest BCUT2D eigenvalue weighted by atomic mass is 32.3. The molecule has 0 bridgehead atoms. The summed E-state index contributed by atoms with van der Waals surface area (Å²) in [5.74, 6) is -0.449. The summed E-state index contributed by atoms with van der Waals surface area (Å²) >= 11 is 0. The predicted molar refractivity (Wildman–Crippen MR) is 67.9 cm³/mol. The van der Waals surface area contributed by atoms with Crippen molar-refractivity contribution in [2.24, 2.45) is 0 Å². The van der Waals surface area contributed by atoms with Crippen LogP contribution in [0.5, 0.6) is 0 Å². The smallest absolute Gasteiger partial charge is 0.307 e. The van der Waals surface area contributed by atoms with Crippen LogP contribution in [0.1, 0.15) is 17.5 Å². The van der Waals surface area contributed by atoms with Crippen molar-refractivity contribution in [2.75, 3.05) is 11.4 Å². The number of hydrogen-bond acceptors (Lipinski definition) is 4. The number of aliphatic hydroxyl groups excluding tert-OH is 1. The van der Waals surface area contributed by atoms with Gasteiger partial charge in [0, 0.05) is 18.5 Å². The minimum absolute atomic E-state index is 0.213. The van der Waals surface area contributed by atoms with Gasteiger partial charge in [-0.15, -0.1) is 3.89 Å². The van der Waals surface area contributed by atoms with Crippen LogP contribution in [0.15, 0.2) is 18.2 Å². The summed E-state index contributed by atoms with van der Waals surface area (Å²) in [4.78, 5) is 13.1. The molecule has 0 spiro atoms. The molecule has 0 saturated carbocycles. The lowest BCUT2D eigenvalue weighted by Crippen LogP contribution is -2.28. The number of para-hydroxylation sites is 1. The van der Waals surface area contributed by atoms with Gasteiger partial charge in [-0.05, 0) is 12.5 Å². The minimum Gasteiger partial charge on any atom is -0.392 e. The molecule has 0 aliphatic carbocycles. The van der Waals surface area contributed by atoms with Crippen LogP contribution in [0, 0.1) is 6.92 Å². The zero-order chi connectivity index (χ0) is 14.2. The monoisotopic (exact) mass is 287 g/mol. The number of carbonyl (C=O) groups excluding carboxylic acids is 1. The summed E-state index contributed by atoms with van der Waals surface area (Å²) in [5.41, 5.74) is 1.73. The second-order valence-electron chi connectivity index (χ2n) is 4.55. The van der Waals surface area contributed by atoms with Crippen molar-refractivity contribution in [1.29, 1.82) is 0 Å². The SMILES string of the molecule is Cc1cccc(CO)c1N1CC(S(=O)(=O)F)CC1=O. The standard InChI is InChI=1S/C12H14FNO4S/c1-8-3-2-4-9(7-15)12(8)14-6-10(5-11(14)16)19(13,17)18/h2-4,10,15H,5-7H2,1H3. The molecule has 1 N–H and O–H groups in total. The lowest BCUT2D eigenvalue weighted by molar-refractivity contribution is -0.117. The molecule has 1 amide bonds. The molecule has 1 aromatic rings. The van der Waals surface area contributed by atoms with E-state index in [0.717, 1.165) is 5.56 Å². The molecular weight excluding hydrogens is 273 g/mol. The van der Waals surface area contributed by atoms with Gasteiger partial charge in [-0.1, -0.05) is 18.2 Å². The maximum Gasteiger partial charge on any atom is 0.307 e. The van der Waals surface area contributed by atoms with Crippen molar-refractivity contribution >= 4 is 21.8 Å². The third-order valence-electron chi connectivity index (χ3n) is 3.25. The first-order valence-corrected chi connectivity index (χ1v) is 7.22. The molecule has 5 nitrogen and oxygen atoms in total. The van der Waals surface area contributed by atoms with E-state index < -0.39 is 21.4 Å². The van der Waals surface area contributed by atoms with Crippen LogP contribution in [-0.2, 0) is 21.6 Å². The number of hydrogen-bond donors (Lipinski definition) is 1. The topological polar surface area (TPSA) is 74.7 Å². The number of aliphatic hydroxyl groups is 1. The summed E-state index contributed by atoms with van der Waals surface area (Å²) < 4.78 is 34.8. The Hall–Kier alpha value is -1.47. The third-order valence-corrected chi connectivity index (χ3v) is 4.36. The van der Waals surface area contributed by atoms with Crippen molar-refractivity contribution in [2.45, 2.75) is 25.2 Å². The van der Waals surface area contributed by atoms with Gasteiger partial charge in [0.05, 0.1) is 12.3 Å². The van der Waals surface area contributed by atoms with E-state index in [9.17, 15) is 22.2 Å². The fraction of sp³-hybridized carbons (Fsp3) is 0.417. The Labute approximate surface area is 110 Å².